The van der Waals surface area contributed by atoms with Crippen molar-refractivity contribution < 1.29 is 13.7 Å². The number of ether oxygens (including phenoxy) is 1. The molecular formula is C29H37ClN2O3SSi. The largest absolute Gasteiger partial charge is 0.598 e. The minimum absolute atomic E-state index is 0.162. The lowest BCUT2D eigenvalue weighted by Gasteiger charge is -2.45. The van der Waals surface area contributed by atoms with Crippen LogP contribution < -0.4 is 15.1 Å². The summed E-state index contributed by atoms with van der Waals surface area (Å²) in [5, 5.41) is 2.79. The van der Waals surface area contributed by atoms with Gasteiger partial charge < -0.3 is 13.7 Å². The lowest BCUT2D eigenvalue weighted by molar-refractivity contribution is -0.0695. The standard InChI is InChI=1S/C29H37ClN2O3SSi/c1-27(2,3)36(33)32-29(20-34-21-29)26-22(17-23(30)18-31-26)19-35-37(28(4,5)6,24-13-9-7-10-14-24)25-15-11-8-12-16-25/h7-18,32H,19-21H2,1-6H3. The van der Waals surface area contributed by atoms with E-state index < -0.39 is 30.0 Å². The normalized spacial score (nSPS) is 16.8. The molecule has 37 heavy (non-hydrogen) atoms. The zero-order valence-electron chi connectivity index (χ0n) is 22.5. The number of aromatic nitrogens is 1. The maximum atomic E-state index is 13.1. The van der Waals surface area contributed by atoms with Crippen molar-refractivity contribution >= 4 is 41.7 Å². The van der Waals surface area contributed by atoms with Gasteiger partial charge in [0.05, 0.1) is 30.5 Å². The van der Waals surface area contributed by atoms with Crippen LogP contribution in [-0.2, 0) is 32.7 Å². The Hall–Kier alpha value is -1.71. The number of nitrogens with one attached hydrogen (secondary N) is 1. The average Bonchev–Trinajstić information content (AvgIpc) is 2.82. The molecule has 0 spiro atoms. The molecule has 198 valence electrons. The van der Waals surface area contributed by atoms with E-state index in [1.54, 1.807) is 6.20 Å². The van der Waals surface area contributed by atoms with E-state index in [1.807, 2.05) is 39.0 Å². The molecule has 1 unspecified atom stereocenters. The highest BCUT2D eigenvalue weighted by Gasteiger charge is 2.52. The molecule has 2 aromatic carbocycles. The van der Waals surface area contributed by atoms with Crippen molar-refractivity contribution in [2.24, 2.45) is 0 Å². The topological polar surface area (TPSA) is 66.4 Å². The molecular weight excluding hydrogens is 520 g/mol. The van der Waals surface area contributed by atoms with Crippen LogP contribution in [-0.4, -0.2) is 35.8 Å². The molecule has 0 amide bonds. The molecule has 0 radical (unpaired) electrons. The van der Waals surface area contributed by atoms with E-state index in [0.717, 1.165) is 11.3 Å². The third kappa shape index (κ3) is 5.69. The first-order valence-electron chi connectivity index (χ1n) is 12.6. The predicted octanol–water partition coefficient (Wildman–Crippen LogP) is 5.09. The molecule has 1 atom stereocenters. The summed E-state index contributed by atoms with van der Waals surface area (Å²) in [4.78, 5) is 4.74. The number of pyridine rings is 1. The maximum Gasteiger partial charge on any atom is 0.261 e. The molecule has 5 nitrogen and oxygen atoms in total. The highest BCUT2D eigenvalue weighted by Crippen LogP contribution is 2.39. The zero-order valence-corrected chi connectivity index (χ0v) is 25.1. The number of rotatable bonds is 8. The number of hydrogen-bond acceptors (Lipinski definition) is 5. The number of nitrogens with zero attached hydrogens (tertiary/aromatic N) is 1. The van der Waals surface area contributed by atoms with Gasteiger partial charge in [-0.25, -0.2) is 0 Å². The van der Waals surface area contributed by atoms with Gasteiger partial charge in [-0.1, -0.05) is 93.0 Å². The highest BCUT2D eigenvalue weighted by atomic mass is 35.5. The minimum atomic E-state index is -2.77. The van der Waals surface area contributed by atoms with Crippen LogP contribution in [0.3, 0.4) is 0 Å². The lowest BCUT2D eigenvalue weighted by Crippen LogP contribution is -2.66. The van der Waals surface area contributed by atoms with Gasteiger partial charge in [-0.05, 0) is 42.2 Å². The summed E-state index contributed by atoms with van der Waals surface area (Å²) >= 11 is 5.16. The first-order chi connectivity index (χ1) is 17.4. The molecule has 1 aliphatic heterocycles. The first kappa shape index (κ1) is 28.3. The van der Waals surface area contributed by atoms with Crippen molar-refractivity contribution in [3.8, 4) is 0 Å². The summed E-state index contributed by atoms with van der Waals surface area (Å²) in [7, 11) is -2.77. The third-order valence-corrected chi connectivity index (χ3v) is 13.7. The Labute approximate surface area is 230 Å². The molecule has 2 heterocycles. The van der Waals surface area contributed by atoms with E-state index in [2.05, 4.69) is 74.0 Å². The monoisotopic (exact) mass is 556 g/mol. The van der Waals surface area contributed by atoms with Crippen LogP contribution >= 0.6 is 11.6 Å². The average molecular weight is 557 g/mol. The van der Waals surface area contributed by atoms with Crippen molar-refractivity contribution in [3.63, 3.8) is 0 Å². The first-order valence-corrected chi connectivity index (χ1v) is 16.0. The molecule has 3 aromatic rings. The van der Waals surface area contributed by atoms with Gasteiger partial charge in [-0.3, -0.25) is 4.98 Å². The number of halogens is 1. The molecule has 1 aromatic heterocycles. The zero-order chi connectivity index (χ0) is 26.9. The maximum absolute atomic E-state index is 13.1. The number of hydrogen-bond donors (Lipinski definition) is 1. The molecule has 0 bridgehead atoms. The molecule has 1 fully saturated rings. The summed E-state index contributed by atoms with van der Waals surface area (Å²) in [5.41, 5.74) is 0.994. The second-order valence-electron chi connectivity index (χ2n) is 11.7. The van der Waals surface area contributed by atoms with Crippen LogP contribution in [0.2, 0.25) is 10.1 Å². The molecule has 4 rings (SSSR count). The van der Waals surface area contributed by atoms with E-state index in [0.29, 0.717) is 24.8 Å². The summed E-state index contributed by atoms with van der Waals surface area (Å²) in [6, 6.07) is 23.0. The van der Waals surface area contributed by atoms with E-state index in [-0.39, 0.29) is 5.04 Å². The molecule has 1 aliphatic rings. The van der Waals surface area contributed by atoms with Crippen molar-refractivity contribution in [1.29, 1.82) is 0 Å². The van der Waals surface area contributed by atoms with Gasteiger partial charge in [0.25, 0.3) is 8.32 Å². The Morgan fingerprint density at radius 2 is 1.54 bits per heavy atom. The van der Waals surface area contributed by atoms with Crippen LogP contribution in [0.5, 0.6) is 0 Å². The van der Waals surface area contributed by atoms with E-state index in [9.17, 15) is 4.55 Å². The van der Waals surface area contributed by atoms with Gasteiger partial charge in [-0.15, -0.1) is 4.72 Å². The quantitative estimate of drug-likeness (QED) is 0.309. The molecule has 1 N–H and O–H groups in total. The lowest BCUT2D eigenvalue weighted by atomic mass is 9.90. The Bertz CT molecular complexity index is 1160. The van der Waals surface area contributed by atoms with Gasteiger partial charge in [-0.2, -0.15) is 0 Å². The van der Waals surface area contributed by atoms with Crippen molar-refractivity contribution in [2.45, 2.75) is 63.5 Å². The molecule has 0 aliphatic carbocycles. The smallest absolute Gasteiger partial charge is 0.261 e. The Morgan fingerprint density at radius 1 is 1.00 bits per heavy atom. The van der Waals surface area contributed by atoms with Crippen LogP contribution in [0.1, 0.15) is 52.8 Å². The SMILES string of the molecule is CC(C)(C)[S+]([O-])NC1(c2ncc(Cl)cc2CO[Si](c2ccccc2)(c2ccccc2)C(C)(C)C)COC1. The molecule has 1 saturated heterocycles. The summed E-state index contributed by atoms with van der Waals surface area (Å²) in [6.07, 6.45) is 1.64. The van der Waals surface area contributed by atoms with Gasteiger partial charge in [0.2, 0.25) is 0 Å². The van der Waals surface area contributed by atoms with Crippen molar-refractivity contribution in [3.05, 3.63) is 89.2 Å². The second kappa shape index (κ2) is 10.8. The molecule has 8 heteroatoms. The van der Waals surface area contributed by atoms with Crippen molar-refractivity contribution in [1.82, 2.24) is 9.71 Å². The minimum Gasteiger partial charge on any atom is -0.598 e. The summed E-state index contributed by atoms with van der Waals surface area (Å²) < 4.78 is 28.8. The van der Waals surface area contributed by atoms with E-state index >= 15 is 0 Å². The Morgan fingerprint density at radius 3 is 1.97 bits per heavy atom. The fraction of sp³-hybridized carbons (Fsp3) is 0.414. The van der Waals surface area contributed by atoms with Crippen LogP contribution in [0.25, 0.3) is 0 Å². The second-order valence-corrected chi connectivity index (χ2v) is 18.4. The van der Waals surface area contributed by atoms with Gasteiger partial charge in [0.1, 0.15) is 4.75 Å². The summed E-state index contributed by atoms with van der Waals surface area (Å²) in [5.74, 6) is 0. The molecule has 0 saturated carbocycles. The van der Waals surface area contributed by atoms with Crippen molar-refractivity contribution in [2.75, 3.05) is 13.2 Å². The Balaban J connectivity index is 1.78. The van der Waals surface area contributed by atoms with E-state index in [4.69, 9.17) is 25.7 Å². The van der Waals surface area contributed by atoms with E-state index in [1.165, 1.54) is 10.4 Å². The number of benzene rings is 2. The third-order valence-electron chi connectivity index (χ3n) is 6.79. The van der Waals surface area contributed by atoms with Crippen LogP contribution in [0.4, 0.5) is 0 Å². The highest BCUT2D eigenvalue weighted by molar-refractivity contribution is 7.90. The fourth-order valence-electron chi connectivity index (χ4n) is 4.85. The fourth-order valence-corrected chi connectivity index (χ4v) is 10.4. The van der Waals surface area contributed by atoms with Crippen LogP contribution in [0, 0.1) is 0 Å². The predicted molar refractivity (Wildman–Crippen MR) is 155 cm³/mol. The van der Waals surface area contributed by atoms with Crippen LogP contribution in [0.15, 0.2) is 72.9 Å². The Kier molecular flexibility index (Phi) is 8.27. The van der Waals surface area contributed by atoms with Gasteiger partial charge in [0.15, 0.2) is 5.54 Å². The summed E-state index contributed by atoms with van der Waals surface area (Å²) in [6.45, 7) is 13.7. The van der Waals surface area contributed by atoms with Gasteiger partial charge in [0, 0.05) is 23.1 Å². The van der Waals surface area contributed by atoms with Gasteiger partial charge >= 0.3 is 0 Å².